The molecule has 3 aromatic rings. The fraction of sp³-hybridized carbons (Fsp3) is 0.367. The Morgan fingerprint density at radius 2 is 1.56 bits per heavy atom. The van der Waals surface area contributed by atoms with Gasteiger partial charge in [-0.2, -0.15) is 0 Å². The fourth-order valence-electron chi connectivity index (χ4n) is 5.11. The number of aliphatic hydroxyl groups is 2. The van der Waals surface area contributed by atoms with Crippen molar-refractivity contribution in [3.05, 3.63) is 90.5 Å². The lowest BCUT2D eigenvalue weighted by atomic mass is 9.84. The van der Waals surface area contributed by atoms with Crippen LogP contribution in [0.15, 0.2) is 84.9 Å². The maximum atomic E-state index is 11.5. The van der Waals surface area contributed by atoms with Crippen molar-refractivity contribution in [2.75, 3.05) is 6.61 Å². The quantitative estimate of drug-likeness (QED) is 0.312. The van der Waals surface area contributed by atoms with Crippen molar-refractivity contribution in [2.24, 2.45) is 11.8 Å². The zero-order valence-corrected chi connectivity index (χ0v) is 20.3. The third-order valence-corrected chi connectivity index (χ3v) is 6.93. The molecule has 0 radical (unpaired) electrons. The lowest BCUT2D eigenvalue weighted by molar-refractivity contribution is -0.140. The Balaban J connectivity index is 1.35. The van der Waals surface area contributed by atoms with Crippen molar-refractivity contribution in [1.82, 2.24) is 0 Å². The highest BCUT2D eigenvalue weighted by Gasteiger charge is 2.47. The minimum absolute atomic E-state index is 0.199. The van der Waals surface area contributed by atoms with E-state index in [1.807, 2.05) is 72.8 Å². The summed E-state index contributed by atoms with van der Waals surface area (Å²) < 4.78 is 11.9. The normalized spacial score (nSPS) is 22.3. The summed E-state index contributed by atoms with van der Waals surface area (Å²) in [5.41, 5.74) is 3.23. The van der Waals surface area contributed by atoms with E-state index < -0.39 is 36.1 Å². The summed E-state index contributed by atoms with van der Waals surface area (Å²) in [6.45, 7) is 0.770. The predicted octanol–water partition coefficient (Wildman–Crippen LogP) is 4.93. The van der Waals surface area contributed by atoms with E-state index in [0.29, 0.717) is 32.5 Å². The topological polar surface area (TPSA) is 96.2 Å². The van der Waals surface area contributed by atoms with Gasteiger partial charge in [-0.3, -0.25) is 4.79 Å². The molecule has 190 valence electrons. The summed E-state index contributed by atoms with van der Waals surface area (Å²) in [6, 6.07) is 27.7. The van der Waals surface area contributed by atoms with Crippen LogP contribution in [0.3, 0.4) is 0 Å². The highest BCUT2D eigenvalue weighted by molar-refractivity contribution is 5.67. The van der Waals surface area contributed by atoms with Crippen molar-refractivity contribution >= 4 is 5.97 Å². The molecule has 6 nitrogen and oxygen atoms in total. The van der Waals surface area contributed by atoms with Crippen LogP contribution >= 0.6 is 0 Å². The Bertz CT molecular complexity index is 1070. The molecule has 1 aliphatic carbocycles. The molecular weight excluding hydrogens is 456 g/mol. The second-order valence-corrected chi connectivity index (χ2v) is 9.43. The van der Waals surface area contributed by atoms with Gasteiger partial charge in [0, 0.05) is 18.3 Å². The van der Waals surface area contributed by atoms with Crippen LogP contribution in [0, 0.1) is 11.8 Å². The Morgan fingerprint density at radius 1 is 0.917 bits per heavy atom. The number of hydrogen-bond donors (Lipinski definition) is 3. The number of aliphatic carboxylic acids is 1. The van der Waals surface area contributed by atoms with E-state index in [2.05, 4.69) is 12.1 Å². The molecule has 6 heteroatoms. The Labute approximate surface area is 212 Å². The first kappa shape index (κ1) is 25.9. The van der Waals surface area contributed by atoms with Gasteiger partial charge >= 0.3 is 5.97 Å². The van der Waals surface area contributed by atoms with Gasteiger partial charge in [0.05, 0.1) is 37.9 Å². The minimum atomic E-state index is -0.985. The molecule has 0 aromatic heterocycles. The van der Waals surface area contributed by atoms with E-state index in [9.17, 15) is 20.1 Å². The second kappa shape index (κ2) is 12.7. The number of hydrogen-bond acceptors (Lipinski definition) is 5. The average Bonchev–Trinajstić information content (AvgIpc) is 3.21. The zero-order chi connectivity index (χ0) is 25.3. The summed E-state index contributed by atoms with van der Waals surface area (Å²) in [4.78, 5) is 11.5. The van der Waals surface area contributed by atoms with Crippen molar-refractivity contribution in [1.29, 1.82) is 0 Å². The summed E-state index contributed by atoms with van der Waals surface area (Å²) in [7, 11) is 0. The van der Waals surface area contributed by atoms with Gasteiger partial charge in [0.25, 0.3) is 0 Å². The van der Waals surface area contributed by atoms with Gasteiger partial charge in [-0.1, -0.05) is 72.8 Å². The molecule has 3 N–H and O–H groups in total. The lowest BCUT2D eigenvalue weighted by Gasteiger charge is -2.29. The standard InChI is InChI=1S/C30H34O6/c31-26(12-7-17-35-24-10-5-2-6-11-24)30-25(18-29(33)34)27(32)19-28(30)36-20-21-13-15-23(16-14-21)22-8-3-1-4-9-22/h1-6,8-11,13-16,25-28,30-32H,7,12,17-20H2,(H,33,34)/t25-,26?,27-,28+,30+/m0/s1. The molecule has 1 unspecified atom stereocenters. The molecule has 0 saturated heterocycles. The predicted molar refractivity (Wildman–Crippen MR) is 137 cm³/mol. The largest absolute Gasteiger partial charge is 0.494 e. The van der Waals surface area contributed by atoms with Crippen molar-refractivity contribution in [3.8, 4) is 16.9 Å². The van der Waals surface area contributed by atoms with Crippen LogP contribution < -0.4 is 4.74 Å². The number of rotatable bonds is 12. The van der Waals surface area contributed by atoms with Gasteiger partial charge in [0.2, 0.25) is 0 Å². The molecular formula is C30H34O6. The van der Waals surface area contributed by atoms with Gasteiger partial charge in [0.1, 0.15) is 5.75 Å². The number of carbonyl (C=O) groups is 1. The van der Waals surface area contributed by atoms with E-state index in [4.69, 9.17) is 9.47 Å². The smallest absolute Gasteiger partial charge is 0.303 e. The molecule has 1 aliphatic rings. The van der Waals surface area contributed by atoms with Crippen LogP contribution in [0.5, 0.6) is 5.75 Å². The van der Waals surface area contributed by atoms with Crippen LogP contribution in [0.25, 0.3) is 11.1 Å². The van der Waals surface area contributed by atoms with Gasteiger partial charge < -0.3 is 24.8 Å². The number of benzene rings is 3. The van der Waals surface area contributed by atoms with Crippen LogP contribution in [-0.2, 0) is 16.1 Å². The molecule has 0 aliphatic heterocycles. The fourth-order valence-corrected chi connectivity index (χ4v) is 5.11. The molecule has 0 amide bonds. The maximum absolute atomic E-state index is 11.5. The number of carboxylic acids is 1. The van der Waals surface area contributed by atoms with Crippen molar-refractivity contribution in [3.63, 3.8) is 0 Å². The SMILES string of the molecule is O=C(O)C[C@@H]1[C@H](C(O)CCCOc2ccccc2)[C@H](OCc2ccc(-c3ccccc3)cc2)C[C@@H]1O. The molecule has 1 saturated carbocycles. The molecule has 0 heterocycles. The monoisotopic (exact) mass is 490 g/mol. The Kier molecular flexibility index (Phi) is 9.11. The summed E-state index contributed by atoms with van der Waals surface area (Å²) in [5, 5.41) is 31.1. The third kappa shape index (κ3) is 6.94. The first-order valence-corrected chi connectivity index (χ1v) is 12.5. The minimum Gasteiger partial charge on any atom is -0.494 e. The molecule has 3 aromatic carbocycles. The third-order valence-electron chi connectivity index (χ3n) is 6.93. The van der Waals surface area contributed by atoms with Crippen LogP contribution in [-0.4, -0.2) is 46.2 Å². The summed E-state index contributed by atoms with van der Waals surface area (Å²) in [6.07, 6.45) is -0.898. The van der Waals surface area contributed by atoms with Crippen LogP contribution in [0.1, 0.15) is 31.2 Å². The van der Waals surface area contributed by atoms with E-state index in [-0.39, 0.29) is 6.42 Å². The molecule has 1 fully saturated rings. The first-order chi connectivity index (χ1) is 17.5. The lowest BCUT2D eigenvalue weighted by Crippen LogP contribution is -2.36. The van der Waals surface area contributed by atoms with Crippen molar-refractivity contribution < 1.29 is 29.6 Å². The highest BCUT2D eigenvalue weighted by atomic mass is 16.5. The molecule has 0 spiro atoms. The molecule has 36 heavy (non-hydrogen) atoms. The van der Waals surface area contributed by atoms with E-state index in [1.54, 1.807) is 0 Å². The van der Waals surface area contributed by atoms with Gasteiger partial charge in [0.15, 0.2) is 0 Å². The zero-order valence-electron chi connectivity index (χ0n) is 20.3. The van der Waals surface area contributed by atoms with E-state index in [0.717, 1.165) is 22.4 Å². The Hall–Kier alpha value is -3.19. The van der Waals surface area contributed by atoms with Crippen LogP contribution in [0.4, 0.5) is 0 Å². The molecule has 0 bridgehead atoms. The first-order valence-electron chi connectivity index (χ1n) is 12.5. The van der Waals surface area contributed by atoms with Crippen molar-refractivity contribution in [2.45, 2.75) is 50.6 Å². The van der Waals surface area contributed by atoms with E-state index >= 15 is 0 Å². The number of aliphatic hydroxyl groups excluding tert-OH is 2. The van der Waals surface area contributed by atoms with Gasteiger partial charge in [-0.05, 0) is 41.7 Å². The molecule has 5 atom stereocenters. The number of para-hydroxylation sites is 1. The van der Waals surface area contributed by atoms with Gasteiger partial charge in [-0.15, -0.1) is 0 Å². The molecule has 4 rings (SSSR count). The summed E-state index contributed by atoms with van der Waals surface area (Å²) in [5.74, 6) is -1.23. The number of carboxylic acid groups (broad SMARTS) is 1. The summed E-state index contributed by atoms with van der Waals surface area (Å²) >= 11 is 0. The van der Waals surface area contributed by atoms with Crippen LogP contribution in [0.2, 0.25) is 0 Å². The maximum Gasteiger partial charge on any atom is 0.303 e. The average molecular weight is 491 g/mol. The Morgan fingerprint density at radius 3 is 2.22 bits per heavy atom. The van der Waals surface area contributed by atoms with Gasteiger partial charge in [-0.25, -0.2) is 0 Å². The second-order valence-electron chi connectivity index (χ2n) is 9.43. The van der Waals surface area contributed by atoms with E-state index in [1.165, 1.54) is 0 Å². The number of ether oxygens (including phenoxy) is 2. The highest BCUT2D eigenvalue weighted by Crippen LogP contribution is 2.40.